The highest BCUT2D eigenvalue weighted by atomic mass is 32.2. The van der Waals surface area contributed by atoms with Gasteiger partial charge in [0.15, 0.2) is 0 Å². The molecule has 0 atom stereocenters. The van der Waals surface area contributed by atoms with Crippen molar-refractivity contribution < 1.29 is 22.9 Å². The Labute approximate surface area is 98.0 Å². The lowest BCUT2D eigenvalue weighted by Gasteiger charge is -2.09. The molecular formula is C9H12N2O5S. The first-order valence-electron chi connectivity index (χ1n) is 4.63. The Morgan fingerprint density at radius 2 is 2.06 bits per heavy atom. The Morgan fingerprint density at radius 1 is 1.41 bits per heavy atom. The molecule has 1 rings (SSSR count). The van der Waals surface area contributed by atoms with Gasteiger partial charge in [-0.25, -0.2) is 0 Å². The normalized spacial score (nSPS) is 11.1. The molecule has 1 aromatic carbocycles. The lowest BCUT2D eigenvalue weighted by molar-refractivity contribution is -0.136. The molecule has 0 heterocycles. The minimum absolute atomic E-state index is 0.0291. The summed E-state index contributed by atoms with van der Waals surface area (Å²) in [6.45, 7) is 0.0291. The maximum absolute atomic E-state index is 11.0. The molecule has 0 aliphatic rings. The van der Waals surface area contributed by atoms with Crippen molar-refractivity contribution in [1.29, 1.82) is 0 Å². The zero-order valence-corrected chi connectivity index (χ0v) is 9.57. The summed E-state index contributed by atoms with van der Waals surface area (Å²) < 4.78 is 31.0. The molecule has 1 aromatic rings. The highest BCUT2D eigenvalue weighted by Gasteiger charge is 2.15. The number of nitrogens with two attached hydrogens (primary N) is 1. The zero-order chi connectivity index (χ0) is 13.1. The molecule has 0 saturated carbocycles. The molecule has 8 heteroatoms. The predicted molar refractivity (Wildman–Crippen MR) is 61.4 cm³/mol. The van der Waals surface area contributed by atoms with E-state index in [1.54, 1.807) is 0 Å². The summed E-state index contributed by atoms with van der Waals surface area (Å²) in [5.74, 6) is -1.02. The molecule has 0 aliphatic heterocycles. The van der Waals surface area contributed by atoms with Crippen molar-refractivity contribution in [2.45, 2.75) is 11.3 Å². The second kappa shape index (κ2) is 5.02. The van der Waals surface area contributed by atoms with Gasteiger partial charge in [0, 0.05) is 12.2 Å². The van der Waals surface area contributed by atoms with Crippen LogP contribution in [0.1, 0.15) is 6.42 Å². The molecule has 5 N–H and O–H groups in total. The van der Waals surface area contributed by atoms with Crippen LogP contribution in [0.2, 0.25) is 0 Å². The summed E-state index contributed by atoms with van der Waals surface area (Å²) in [6, 6.07) is 3.78. The van der Waals surface area contributed by atoms with E-state index in [1.807, 2.05) is 0 Å². The van der Waals surface area contributed by atoms with Gasteiger partial charge in [-0.2, -0.15) is 8.42 Å². The van der Waals surface area contributed by atoms with Crippen LogP contribution in [-0.2, 0) is 14.9 Å². The number of hydrogen-bond acceptors (Lipinski definition) is 5. The zero-order valence-electron chi connectivity index (χ0n) is 8.75. The third-order valence-electron chi connectivity index (χ3n) is 1.94. The van der Waals surface area contributed by atoms with E-state index in [9.17, 15) is 13.2 Å². The number of benzene rings is 1. The Kier molecular flexibility index (Phi) is 3.92. The molecule has 17 heavy (non-hydrogen) atoms. The number of anilines is 2. The second-order valence-corrected chi connectivity index (χ2v) is 4.69. The molecule has 0 unspecified atom stereocenters. The minimum Gasteiger partial charge on any atom is -0.481 e. The average Bonchev–Trinajstić information content (AvgIpc) is 2.15. The first kappa shape index (κ1) is 13.3. The van der Waals surface area contributed by atoms with Gasteiger partial charge in [0.1, 0.15) is 4.90 Å². The fourth-order valence-corrected chi connectivity index (χ4v) is 1.86. The van der Waals surface area contributed by atoms with E-state index in [-0.39, 0.29) is 23.5 Å². The van der Waals surface area contributed by atoms with E-state index in [0.29, 0.717) is 5.69 Å². The van der Waals surface area contributed by atoms with Gasteiger partial charge in [0.05, 0.1) is 12.1 Å². The van der Waals surface area contributed by atoms with Crippen molar-refractivity contribution >= 4 is 27.5 Å². The fourth-order valence-electron chi connectivity index (χ4n) is 1.21. The first-order valence-corrected chi connectivity index (χ1v) is 6.07. The van der Waals surface area contributed by atoms with Crippen LogP contribution in [0.5, 0.6) is 0 Å². The first-order chi connectivity index (χ1) is 7.80. The van der Waals surface area contributed by atoms with E-state index >= 15 is 0 Å². The van der Waals surface area contributed by atoms with Crippen molar-refractivity contribution in [2.75, 3.05) is 17.6 Å². The summed E-state index contributed by atoms with van der Waals surface area (Å²) >= 11 is 0. The fraction of sp³-hybridized carbons (Fsp3) is 0.222. The lowest BCUT2D eigenvalue weighted by Crippen LogP contribution is -2.11. The number of carbonyl (C=O) groups is 1. The summed E-state index contributed by atoms with van der Waals surface area (Å²) in [5, 5.41) is 11.0. The quantitative estimate of drug-likeness (QED) is 0.445. The van der Waals surface area contributed by atoms with Crippen LogP contribution >= 0.6 is 0 Å². The van der Waals surface area contributed by atoms with Gasteiger partial charge in [-0.3, -0.25) is 9.35 Å². The van der Waals surface area contributed by atoms with Gasteiger partial charge in [0.2, 0.25) is 0 Å². The van der Waals surface area contributed by atoms with Crippen molar-refractivity contribution in [1.82, 2.24) is 0 Å². The standard InChI is InChI=1S/C9H12N2O5S/c10-6-1-2-8(17(14,15)16)7(5-6)11-4-3-9(12)13/h1-2,5,11H,3-4,10H2,(H,12,13)(H,14,15,16). The maximum Gasteiger partial charge on any atom is 0.305 e. The highest BCUT2D eigenvalue weighted by molar-refractivity contribution is 7.86. The van der Waals surface area contributed by atoms with E-state index in [4.69, 9.17) is 15.4 Å². The summed E-state index contributed by atoms with van der Waals surface area (Å²) in [6.07, 6.45) is -0.181. The SMILES string of the molecule is Nc1ccc(S(=O)(=O)O)c(NCCC(=O)O)c1. The van der Waals surface area contributed by atoms with Crippen LogP contribution in [-0.4, -0.2) is 30.6 Å². The van der Waals surface area contributed by atoms with Crippen LogP contribution in [0, 0.1) is 0 Å². The third-order valence-corrected chi connectivity index (χ3v) is 2.85. The Balaban J connectivity index is 2.96. The highest BCUT2D eigenvalue weighted by Crippen LogP contribution is 2.23. The number of hydrogen-bond donors (Lipinski definition) is 4. The van der Waals surface area contributed by atoms with E-state index < -0.39 is 16.1 Å². The number of carboxylic acid groups (broad SMARTS) is 1. The molecule has 7 nitrogen and oxygen atoms in total. The van der Waals surface area contributed by atoms with E-state index in [1.165, 1.54) is 12.1 Å². The third kappa shape index (κ3) is 3.93. The number of aliphatic carboxylic acids is 1. The van der Waals surface area contributed by atoms with E-state index in [2.05, 4.69) is 5.32 Å². The number of carboxylic acids is 1. The number of rotatable bonds is 5. The molecule has 94 valence electrons. The Hall–Kier alpha value is -1.80. The smallest absolute Gasteiger partial charge is 0.305 e. The van der Waals surface area contributed by atoms with Crippen LogP contribution < -0.4 is 11.1 Å². The van der Waals surface area contributed by atoms with Crippen LogP contribution in [0.25, 0.3) is 0 Å². The van der Waals surface area contributed by atoms with Crippen LogP contribution in [0.4, 0.5) is 11.4 Å². The molecule has 0 spiro atoms. The largest absolute Gasteiger partial charge is 0.481 e. The molecule has 0 saturated heterocycles. The summed E-state index contributed by atoms with van der Waals surface area (Å²) in [4.78, 5) is 9.97. The van der Waals surface area contributed by atoms with Crippen LogP contribution in [0.15, 0.2) is 23.1 Å². The van der Waals surface area contributed by atoms with Gasteiger partial charge < -0.3 is 16.2 Å². The molecule has 0 radical (unpaired) electrons. The van der Waals surface area contributed by atoms with Crippen LogP contribution in [0.3, 0.4) is 0 Å². The van der Waals surface area contributed by atoms with Gasteiger partial charge in [0.25, 0.3) is 10.1 Å². The minimum atomic E-state index is -4.37. The number of nitrogens with one attached hydrogen (secondary N) is 1. The Bertz CT molecular complexity index is 526. The topological polar surface area (TPSA) is 130 Å². The van der Waals surface area contributed by atoms with Crippen molar-refractivity contribution in [3.8, 4) is 0 Å². The predicted octanol–water partition coefficient (Wildman–Crippen LogP) is 0.402. The molecule has 0 bridgehead atoms. The molecule has 0 amide bonds. The van der Waals surface area contributed by atoms with Crippen molar-refractivity contribution in [3.63, 3.8) is 0 Å². The van der Waals surface area contributed by atoms with Gasteiger partial charge in [-0.15, -0.1) is 0 Å². The van der Waals surface area contributed by atoms with Gasteiger partial charge in [-0.05, 0) is 18.2 Å². The van der Waals surface area contributed by atoms with E-state index in [0.717, 1.165) is 6.07 Å². The molecular weight excluding hydrogens is 248 g/mol. The summed E-state index contributed by atoms with van der Waals surface area (Å²) in [5.41, 5.74) is 5.85. The molecule has 0 aromatic heterocycles. The van der Waals surface area contributed by atoms with Gasteiger partial charge >= 0.3 is 5.97 Å². The van der Waals surface area contributed by atoms with Crippen molar-refractivity contribution in [2.24, 2.45) is 0 Å². The average molecular weight is 260 g/mol. The molecule has 0 aliphatic carbocycles. The number of nitrogen functional groups attached to an aromatic ring is 1. The summed E-state index contributed by atoms with van der Waals surface area (Å²) in [7, 11) is -4.37. The monoisotopic (exact) mass is 260 g/mol. The van der Waals surface area contributed by atoms with Gasteiger partial charge in [-0.1, -0.05) is 0 Å². The van der Waals surface area contributed by atoms with Crippen molar-refractivity contribution in [3.05, 3.63) is 18.2 Å². The Morgan fingerprint density at radius 3 is 2.59 bits per heavy atom. The lowest BCUT2D eigenvalue weighted by atomic mass is 10.2. The maximum atomic E-state index is 11.0. The molecule has 0 fully saturated rings. The second-order valence-electron chi connectivity index (χ2n) is 3.30.